The molecule has 0 N–H and O–H groups in total. The predicted octanol–water partition coefficient (Wildman–Crippen LogP) is 4.13. The summed E-state index contributed by atoms with van der Waals surface area (Å²) in [6, 6.07) is 11.7. The van der Waals surface area contributed by atoms with Crippen molar-refractivity contribution >= 4 is 17.3 Å². The van der Waals surface area contributed by atoms with Crippen LogP contribution in [0.4, 0.5) is 5.69 Å². The van der Waals surface area contributed by atoms with E-state index in [0.717, 1.165) is 5.56 Å². The van der Waals surface area contributed by atoms with Crippen LogP contribution in [0, 0.1) is 10.1 Å². The molecule has 0 saturated carbocycles. The maximum absolute atomic E-state index is 10.9. The van der Waals surface area contributed by atoms with Gasteiger partial charge in [-0.1, -0.05) is 12.1 Å². The van der Waals surface area contributed by atoms with Crippen LogP contribution < -0.4 is 9.47 Å². The fraction of sp³-hybridized carbons (Fsp3) is 0.143. The molecule has 0 unspecified atom stereocenters. The first-order valence-electron chi connectivity index (χ1n) is 5.79. The number of benzene rings is 2. The molecular formula is C14H12ClNO4. The van der Waals surface area contributed by atoms with E-state index in [0.29, 0.717) is 17.4 Å². The number of ether oxygens (including phenoxy) is 2. The van der Waals surface area contributed by atoms with Crippen molar-refractivity contribution in [1.82, 2.24) is 0 Å². The molecule has 0 aromatic heterocycles. The van der Waals surface area contributed by atoms with Crippen LogP contribution in [0.2, 0.25) is 0 Å². The molecule has 0 heterocycles. The maximum Gasteiger partial charge on any atom is 0.314 e. The number of halogens is 1. The topological polar surface area (TPSA) is 61.6 Å². The Bertz CT molecular complexity index is 630. The zero-order chi connectivity index (χ0) is 14.5. The molecule has 2 aromatic rings. The lowest BCUT2D eigenvalue weighted by Crippen LogP contribution is -1.94. The standard InChI is InChI=1S/C14H12ClNO4/c1-19-14-6-5-12(8-13(14)16(17)18)20-11-4-2-3-10(7-11)9-15/h2-8H,9H2,1H3. The van der Waals surface area contributed by atoms with Gasteiger partial charge in [-0.15, -0.1) is 11.6 Å². The van der Waals surface area contributed by atoms with Gasteiger partial charge in [0.2, 0.25) is 0 Å². The van der Waals surface area contributed by atoms with Crippen molar-refractivity contribution in [2.45, 2.75) is 5.88 Å². The summed E-state index contributed by atoms with van der Waals surface area (Å²) in [6.07, 6.45) is 0. The number of hydrogen-bond acceptors (Lipinski definition) is 4. The van der Waals surface area contributed by atoms with Crippen molar-refractivity contribution < 1.29 is 14.4 Å². The Kier molecular flexibility index (Phi) is 4.42. The van der Waals surface area contributed by atoms with E-state index in [-0.39, 0.29) is 11.4 Å². The monoisotopic (exact) mass is 293 g/mol. The van der Waals surface area contributed by atoms with Gasteiger partial charge in [0.05, 0.1) is 18.1 Å². The number of alkyl halides is 1. The maximum atomic E-state index is 10.9. The van der Waals surface area contributed by atoms with Gasteiger partial charge in [0, 0.05) is 5.88 Å². The number of rotatable bonds is 5. The van der Waals surface area contributed by atoms with E-state index in [1.165, 1.54) is 19.2 Å². The van der Waals surface area contributed by atoms with Gasteiger partial charge < -0.3 is 9.47 Å². The normalized spacial score (nSPS) is 10.1. The van der Waals surface area contributed by atoms with Crippen LogP contribution >= 0.6 is 11.6 Å². The minimum Gasteiger partial charge on any atom is -0.490 e. The van der Waals surface area contributed by atoms with Crippen LogP contribution in [0.5, 0.6) is 17.2 Å². The molecule has 0 bridgehead atoms. The summed E-state index contributed by atoms with van der Waals surface area (Å²) in [6.45, 7) is 0. The Morgan fingerprint density at radius 3 is 2.60 bits per heavy atom. The molecule has 2 aromatic carbocycles. The molecule has 20 heavy (non-hydrogen) atoms. The third kappa shape index (κ3) is 3.19. The molecule has 6 heteroatoms. The Labute approximate surface area is 120 Å². The summed E-state index contributed by atoms with van der Waals surface area (Å²) in [5.41, 5.74) is 0.769. The van der Waals surface area contributed by atoms with Gasteiger partial charge in [0.15, 0.2) is 5.75 Å². The van der Waals surface area contributed by atoms with Crippen LogP contribution in [0.3, 0.4) is 0 Å². The second-order valence-electron chi connectivity index (χ2n) is 3.97. The highest BCUT2D eigenvalue weighted by atomic mass is 35.5. The molecule has 0 spiro atoms. The molecular weight excluding hydrogens is 282 g/mol. The third-order valence-electron chi connectivity index (χ3n) is 2.64. The van der Waals surface area contributed by atoms with Gasteiger partial charge >= 0.3 is 5.69 Å². The summed E-state index contributed by atoms with van der Waals surface area (Å²) < 4.78 is 10.5. The largest absolute Gasteiger partial charge is 0.490 e. The first kappa shape index (κ1) is 14.1. The lowest BCUT2D eigenvalue weighted by Gasteiger charge is -2.08. The van der Waals surface area contributed by atoms with E-state index in [4.69, 9.17) is 21.1 Å². The number of nitrogens with zero attached hydrogens (tertiary/aromatic N) is 1. The van der Waals surface area contributed by atoms with Crippen LogP contribution in [0.15, 0.2) is 42.5 Å². The van der Waals surface area contributed by atoms with Crippen LogP contribution in [-0.2, 0) is 5.88 Å². The molecule has 104 valence electrons. The highest BCUT2D eigenvalue weighted by Gasteiger charge is 2.16. The van der Waals surface area contributed by atoms with Crippen LogP contribution in [-0.4, -0.2) is 12.0 Å². The third-order valence-corrected chi connectivity index (χ3v) is 2.94. The number of hydrogen-bond donors (Lipinski definition) is 0. The van der Waals surface area contributed by atoms with E-state index in [9.17, 15) is 10.1 Å². The van der Waals surface area contributed by atoms with Crippen LogP contribution in [0.1, 0.15) is 5.56 Å². The van der Waals surface area contributed by atoms with E-state index >= 15 is 0 Å². The molecule has 5 nitrogen and oxygen atoms in total. The zero-order valence-corrected chi connectivity index (χ0v) is 11.5. The number of nitro benzene ring substituents is 1. The molecule has 0 atom stereocenters. The van der Waals surface area contributed by atoms with Gasteiger partial charge in [0.1, 0.15) is 11.5 Å². The van der Waals surface area contributed by atoms with E-state index < -0.39 is 4.92 Å². The minimum atomic E-state index is -0.513. The number of nitro groups is 1. The highest BCUT2D eigenvalue weighted by molar-refractivity contribution is 6.17. The lowest BCUT2D eigenvalue weighted by molar-refractivity contribution is -0.385. The van der Waals surface area contributed by atoms with Gasteiger partial charge in [-0.2, -0.15) is 0 Å². The molecule has 0 aliphatic rings. The quantitative estimate of drug-likeness (QED) is 0.472. The Hall–Kier alpha value is -2.27. The van der Waals surface area contributed by atoms with Gasteiger partial charge in [-0.05, 0) is 29.8 Å². The van der Waals surface area contributed by atoms with E-state index in [2.05, 4.69) is 0 Å². The van der Waals surface area contributed by atoms with Crippen molar-refractivity contribution in [3.63, 3.8) is 0 Å². The zero-order valence-electron chi connectivity index (χ0n) is 10.7. The Morgan fingerprint density at radius 1 is 1.20 bits per heavy atom. The SMILES string of the molecule is COc1ccc(Oc2cccc(CCl)c2)cc1[N+](=O)[O-]. The van der Waals surface area contributed by atoms with Crippen molar-refractivity contribution in [1.29, 1.82) is 0 Å². The van der Waals surface area contributed by atoms with E-state index in [1.54, 1.807) is 18.2 Å². The summed E-state index contributed by atoms with van der Waals surface area (Å²) in [4.78, 5) is 10.4. The van der Waals surface area contributed by atoms with Gasteiger partial charge in [0.25, 0.3) is 0 Å². The summed E-state index contributed by atoms with van der Waals surface area (Å²) in [5.74, 6) is 1.50. The second-order valence-corrected chi connectivity index (χ2v) is 4.24. The average molecular weight is 294 g/mol. The van der Waals surface area contributed by atoms with Crippen molar-refractivity contribution in [3.05, 3.63) is 58.1 Å². The molecule has 0 fully saturated rings. The van der Waals surface area contributed by atoms with Gasteiger partial charge in [-0.25, -0.2) is 0 Å². The first-order chi connectivity index (χ1) is 9.63. The molecule has 0 radical (unpaired) electrons. The summed E-state index contributed by atoms with van der Waals surface area (Å²) in [7, 11) is 1.38. The Balaban J connectivity index is 2.29. The second kappa shape index (κ2) is 6.25. The predicted molar refractivity (Wildman–Crippen MR) is 75.7 cm³/mol. The Morgan fingerprint density at radius 2 is 1.95 bits per heavy atom. The average Bonchev–Trinajstić information content (AvgIpc) is 2.47. The lowest BCUT2D eigenvalue weighted by atomic mass is 10.2. The summed E-state index contributed by atoms with van der Waals surface area (Å²) >= 11 is 5.75. The number of methoxy groups -OCH3 is 1. The van der Waals surface area contributed by atoms with Crippen LogP contribution in [0.25, 0.3) is 0 Å². The molecule has 0 aliphatic heterocycles. The van der Waals surface area contributed by atoms with Crippen molar-refractivity contribution in [2.75, 3.05) is 7.11 Å². The van der Waals surface area contributed by atoms with E-state index in [1.807, 2.05) is 12.1 Å². The van der Waals surface area contributed by atoms with Gasteiger partial charge in [-0.3, -0.25) is 10.1 Å². The highest BCUT2D eigenvalue weighted by Crippen LogP contribution is 2.33. The smallest absolute Gasteiger partial charge is 0.314 e. The van der Waals surface area contributed by atoms with Crippen molar-refractivity contribution in [2.24, 2.45) is 0 Å². The molecule has 2 rings (SSSR count). The molecule has 0 saturated heterocycles. The van der Waals surface area contributed by atoms with Crippen molar-refractivity contribution in [3.8, 4) is 17.2 Å². The fourth-order valence-electron chi connectivity index (χ4n) is 1.70. The molecule has 0 aliphatic carbocycles. The molecule has 0 amide bonds. The fourth-order valence-corrected chi connectivity index (χ4v) is 1.87. The minimum absolute atomic E-state index is 0.140. The first-order valence-corrected chi connectivity index (χ1v) is 6.32. The summed E-state index contributed by atoms with van der Waals surface area (Å²) in [5, 5.41) is 10.9.